The first-order valence-electron chi connectivity index (χ1n) is 7.41. The van der Waals surface area contributed by atoms with Crippen molar-refractivity contribution in [3.8, 4) is 11.5 Å². The first kappa shape index (κ1) is 15.0. The Balaban J connectivity index is 1.77. The predicted octanol–water partition coefficient (Wildman–Crippen LogP) is 2.62. The molecule has 2 fully saturated rings. The first-order valence-corrected chi connectivity index (χ1v) is 8.57. The van der Waals surface area contributed by atoms with Gasteiger partial charge in [0, 0.05) is 24.2 Å². The van der Waals surface area contributed by atoms with Gasteiger partial charge in [0.25, 0.3) is 0 Å². The second-order valence-electron chi connectivity index (χ2n) is 5.67. The predicted molar refractivity (Wildman–Crippen MR) is 83.2 cm³/mol. The molecule has 5 heteroatoms. The van der Waals surface area contributed by atoms with Crippen LogP contribution in [0.2, 0.25) is 0 Å². The highest BCUT2D eigenvalue weighted by atomic mass is 32.2. The van der Waals surface area contributed by atoms with Crippen molar-refractivity contribution in [1.29, 1.82) is 0 Å². The molecule has 1 spiro atoms. The average molecular weight is 310 g/mol. The van der Waals surface area contributed by atoms with Gasteiger partial charge >= 0.3 is 0 Å². The van der Waals surface area contributed by atoms with Gasteiger partial charge in [-0.25, -0.2) is 0 Å². The molecule has 0 aromatic heterocycles. The summed E-state index contributed by atoms with van der Waals surface area (Å²) in [4.78, 5) is 0. The Bertz CT molecular complexity index is 463. The Hall–Kier alpha value is -0.910. The van der Waals surface area contributed by atoms with Crippen LogP contribution in [0.3, 0.4) is 0 Å². The molecule has 2 saturated heterocycles. The SMILES string of the molecule is COc1cccc(CO)c1OC1CCOC2(CCSC2)C1. The zero-order chi connectivity index (χ0) is 14.7. The molecule has 2 heterocycles. The molecule has 1 aromatic rings. The molecule has 3 rings (SSSR count). The molecule has 21 heavy (non-hydrogen) atoms. The van der Waals surface area contributed by atoms with Gasteiger partial charge in [-0.15, -0.1) is 0 Å². The van der Waals surface area contributed by atoms with Crippen molar-refractivity contribution >= 4 is 11.8 Å². The van der Waals surface area contributed by atoms with Gasteiger partial charge in [-0.3, -0.25) is 0 Å². The summed E-state index contributed by atoms with van der Waals surface area (Å²) < 4.78 is 17.6. The van der Waals surface area contributed by atoms with E-state index < -0.39 is 0 Å². The monoisotopic (exact) mass is 310 g/mol. The number of methoxy groups -OCH3 is 1. The first-order chi connectivity index (χ1) is 10.3. The zero-order valence-electron chi connectivity index (χ0n) is 12.3. The molecule has 2 unspecified atom stereocenters. The van der Waals surface area contributed by atoms with Gasteiger partial charge in [-0.2, -0.15) is 11.8 Å². The van der Waals surface area contributed by atoms with Crippen molar-refractivity contribution < 1.29 is 19.3 Å². The maximum absolute atomic E-state index is 9.51. The molecule has 1 N–H and O–H groups in total. The quantitative estimate of drug-likeness (QED) is 0.926. The van der Waals surface area contributed by atoms with E-state index in [9.17, 15) is 5.11 Å². The van der Waals surface area contributed by atoms with Crippen molar-refractivity contribution in [2.45, 2.75) is 37.6 Å². The highest BCUT2D eigenvalue weighted by molar-refractivity contribution is 7.99. The Morgan fingerprint density at radius 2 is 2.38 bits per heavy atom. The lowest BCUT2D eigenvalue weighted by Crippen LogP contribution is -2.44. The summed E-state index contributed by atoms with van der Waals surface area (Å²) >= 11 is 1.96. The topological polar surface area (TPSA) is 47.9 Å². The van der Waals surface area contributed by atoms with E-state index in [0.29, 0.717) is 11.5 Å². The van der Waals surface area contributed by atoms with Crippen LogP contribution in [0.15, 0.2) is 18.2 Å². The smallest absolute Gasteiger partial charge is 0.167 e. The normalized spacial score (nSPS) is 28.8. The van der Waals surface area contributed by atoms with Gasteiger partial charge in [0.2, 0.25) is 0 Å². The van der Waals surface area contributed by atoms with E-state index in [0.717, 1.165) is 37.2 Å². The van der Waals surface area contributed by atoms with Gasteiger partial charge in [0.1, 0.15) is 6.10 Å². The summed E-state index contributed by atoms with van der Waals surface area (Å²) in [6.45, 7) is 0.700. The highest BCUT2D eigenvalue weighted by Crippen LogP contribution is 2.41. The zero-order valence-corrected chi connectivity index (χ0v) is 13.2. The number of aliphatic hydroxyl groups is 1. The Morgan fingerprint density at radius 3 is 3.10 bits per heavy atom. The van der Waals surface area contributed by atoms with Crippen LogP contribution in [-0.2, 0) is 11.3 Å². The minimum atomic E-state index is -0.0449. The molecular weight excluding hydrogens is 288 g/mol. The van der Waals surface area contributed by atoms with E-state index in [1.807, 2.05) is 30.0 Å². The van der Waals surface area contributed by atoms with Gasteiger partial charge < -0.3 is 19.3 Å². The maximum Gasteiger partial charge on any atom is 0.167 e. The van der Waals surface area contributed by atoms with Crippen LogP contribution < -0.4 is 9.47 Å². The van der Waals surface area contributed by atoms with Crippen LogP contribution in [0, 0.1) is 0 Å². The van der Waals surface area contributed by atoms with E-state index in [2.05, 4.69) is 0 Å². The summed E-state index contributed by atoms with van der Waals surface area (Å²) in [5, 5.41) is 9.51. The standard InChI is InChI=1S/C16H22O4S/c1-18-14-4-2-3-12(10-17)15(14)20-13-5-7-19-16(9-13)6-8-21-11-16/h2-4,13,17H,5-11H2,1H3. The van der Waals surface area contributed by atoms with E-state index in [1.165, 1.54) is 5.75 Å². The van der Waals surface area contributed by atoms with E-state index in [4.69, 9.17) is 14.2 Å². The minimum Gasteiger partial charge on any atom is -0.493 e. The molecule has 2 atom stereocenters. The van der Waals surface area contributed by atoms with Crippen LogP contribution in [0.4, 0.5) is 0 Å². The van der Waals surface area contributed by atoms with Crippen molar-refractivity contribution in [2.75, 3.05) is 25.2 Å². The maximum atomic E-state index is 9.51. The van der Waals surface area contributed by atoms with Crippen LogP contribution in [-0.4, -0.2) is 42.0 Å². The fourth-order valence-corrected chi connectivity index (χ4v) is 4.47. The van der Waals surface area contributed by atoms with Crippen molar-refractivity contribution in [1.82, 2.24) is 0 Å². The van der Waals surface area contributed by atoms with Gasteiger partial charge in [-0.1, -0.05) is 12.1 Å². The third-order valence-electron chi connectivity index (χ3n) is 4.25. The molecule has 0 aliphatic carbocycles. The third-order valence-corrected chi connectivity index (χ3v) is 5.47. The number of thioether (sulfide) groups is 1. The van der Waals surface area contributed by atoms with E-state index in [1.54, 1.807) is 7.11 Å². The van der Waals surface area contributed by atoms with Crippen molar-refractivity contribution in [3.63, 3.8) is 0 Å². The van der Waals surface area contributed by atoms with Gasteiger partial charge in [-0.05, 0) is 18.2 Å². The second-order valence-corrected chi connectivity index (χ2v) is 6.78. The Morgan fingerprint density at radius 1 is 1.48 bits per heavy atom. The number of ether oxygens (including phenoxy) is 3. The second kappa shape index (κ2) is 6.46. The van der Waals surface area contributed by atoms with Crippen molar-refractivity contribution in [3.05, 3.63) is 23.8 Å². The summed E-state index contributed by atoms with van der Waals surface area (Å²) in [6.07, 6.45) is 3.04. The third kappa shape index (κ3) is 3.15. The average Bonchev–Trinajstić information content (AvgIpc) is 2.95. The van der Waals surface area contributed by atoms with E-state index in [-0.39, 0.29) is 18.3 Å². The van der Waals surface area contributed by atoms with Crippen molar-refractivity contribution in [2.24, 2.45) is 0 Å². The minimum absolute atomic E-state index is 0.00498. The van der Waals surface area contributed by atoms with Crippen LogP contribution in [0.1, 0.15) is 24.8 Å². The number of aliphatic hydroxyl groups excluding tert-OH is 1. The van der Waals surface area contributed by atoms with E-state index >= 15 is 0 Å². The molecule has 2 aliphatic rings. The number of hydrogen-bond donors (Lipinski definition) is 1. The molecule has 116 valence electrons. The molecule has 4 nitrogen and oxygen atoms in total. The Labute approximate surface area is 129 Å². The summed E-state index contributed by atoms with van der Waals surface area (Å²) in [5.74, 6) is 3.59. The fourth-order valence-electron chi connectivity index (χ4n) is 3.09. The largest absolute Gasteiger partial charge is 0.493 e. The summed E-state index contributed by atoms with van der Waals surface area (Å²) in [7, 11) is 1.63. The molecule has 0 bridgehead atoms. The Kier molecular flexibility index (Phi) is 4.62. The van der Waals surface area contributed by atoms with Gasteiger partial charge in [0.05, 0.1) is 25.9 Å². The summed E-state index contributed by atoms with van der Waals surface area (Å²) in [6, 6.07) is 5.61. The molecule has 1 aromatic carbocycles. The number of benzene rings is 1. The van der Waals surface area contributed by atoms with Crippen LogP contribution in [0.25, 0.3) is 0 Å². The lowest BCUT2D eigenvalue weighted by Gasteiger charge is -2.38. The highest BCUT2D eigenvalue weighted by Gasteiger charge is 2.41. The lowest BCUT2D eigenvalue weighted by molar-refractivity contribution is -0.0963. The molecule has 2 aliphatic heterocycles. The lowest BCUT2D eigenvalue weighted by atomic mass is 9.91. The summed E-state index contributed by atoms with van der Waals surface area (Å²) in [5.41, 5.74) is 0.769. The van der Waals surface area contributed by atoms with Crippen LogP contribution in [0.5, 0.6) is 11.5 Å². The molecule has 0 radical (unpaired) electrons. The van der Waals surface area contributed by atoms with Crippen LogP contribution >= 0.6 is 11.8 Å². The molecular formula is C16H22O4S. The number of para-hydroxylation sites is 1. The number of hydrogen-bond acceptors (Lipinski definition) is 5. The molecule has 0 amide bonds. The van der Waals surface area contributed by atoms with Gasteiger partial charge in [0.15, 0.2) is 11.5 Å². The fraction of sp³-hybridized carbons (Fsp3) is 0.625. The molecule has 0 saturated carbocycles. The number of rotatable bonds is 4.